The van der Waals surface area contributed by atoms with Gasteiger partial charge >= 0.3 is 0 Å². The van der Waals surface area contributed by atoms with E-state index in [1.807, 2.05) is 18.7 Å². The Morgan fingerprint density at radius 1 is 1.45 bits per heavy atom. The van der Waals surface area contributed by atoms with Crippen molar-refractivity contribution in [1.82, 2.24) is 5.32 Å². The number of nitrogens with one attached hydrogen (secondary N) is 1. The van der Waals surface area contributed by atoms with Crippen molar-refractivity contribution in [2.45, 2.75) is 39.0 Å². The van der Waals surface area contributed by atoms with E-state index in [1.165, 1.54) is 0 Å². The van der Waals surface area contributed by atoms with Gasteiger partial charge in [-0.25, -0.2) is 0 Å². The summed E-state index contributed by atoms with van der Waals surface area (Å²) in [5, 5.41) is 3.48. The Morgan fingerprint density at radius 3 is 2.36 bits per heavy atom. The molecule has 2 nitrogen and oxygen atoms in total. The molecule has 0 radical (unpaired) electrons. The fourth-order valence-electron chi connectivity index (χ4n) is 0.725. The fraction of sp³-hybridized carbons (Fsp3) is 0.875. The highest BCUT2D eigenvalue weighted by atomic mass is 32.2. The molecule has 0 heterocycles. The lowest BCUT2D eigenvalue weighted by Gasteiger charge is -2.12. The summed E-state index contributed by atoms with van der Waals surface area (Å²) in [5.74, 6) is 1.05. The number of rotatable bonds is 4. The summed E-state index contributed by atoms with van der Waals surface area (Å²) in [6, 6.07) is 0.292. The molecule has 1 atom stereocenters. The van der Waals surface area contributed by atoms with Crippen LogP contribution in [0.2, 0.25) is 0 Å². The minimum atomic E-state index is 0.0573. The molecule has 0 aromatic rings. The van der Waals surface area contributed by atoms with Crippen LogP contribution in [0.15, 0.2) is 0 Å². The van der Waals surface area contributed by atoms with Gasteiger partial charge < -0.3 is 5.32 Å². The predicted molar refractivity (Wildman–Crippen MR) is 50.9 cm³/mol. The van der Waals surface area contributed by atoms with Gasteiger partial charge in [0, 0.05) is 18.7 Å². The number of carbonyl (C=O) groups excluding carboxylic acids is 1. The zero-order valence-electron chi connectivity index (χ0n) is 7.68. The molecule has 1 N–H and O–H groups in total. The van der Waals surface area contributed by atoms with Crippen molar-refractivity contribution in [3.05, 3.63) is 0 Å². The largest absolute Gasteiger partial charge is 0.353 e. The fourth-order valence-corrected chi connectivity index (χ4v) is 1.48. The topological polar surface area (TPSA) is 29.1 Å². The van der Waals surface area contributed by atoms with Crippen LogP contribution in [0.5, 0.6) is 0 Å². The monoisotopic (exact) mass is 175 g/mol. The number of amides is 1. The molecular weight excluding hydrogens is 158 g/mol. The first-order chi connectivity index (χ1) is 5.02. The molecule has 1 amide bonds. The average molecular weight is 175 g/mol. The average Bonchev–Trinajstić information content (AvgIpc) is 1.82. The second kappa shape index (κ2) is 5.47. The van der Waals surface area contributed by atoms with Gasteiger partial charge in [-0.2, -0.15) is 11.8 Å². The highest BCUT2D eigenvalue weighted by Crippen LogP contribution is 2.09. The molecule has 66 valence electrons. The molecule has 0 aliphatic carbocycles. The standard InChI is InChI=1S/C8H17NOS/c1-6(2)11-5-7(3)9-8(4)10/h6-7H,5H2,1-4H3,(H,9,10). The third kappa shape index (κ3) is 7.72. The lowest BCUT2D eigenvalue weighted by molar-refractivity contribution is -0.119. The summed E-state index contributed by atoms with van der Waals surface area (Å²) < 4.78 is 0. The molecule has 11 heavy (non-hydrogen) atoms. The van der Waals surface area contributed by atoms with Crippen LogP contribution in [0.25, 0.3) is 0 Å². The summed E-state index contributed by atoms with van der Waals surface area (Å²) >= 11 is 1.87. The molecule has 0 aromatic heterocycles. The summed E-state index contributed by atoms with van der Waals surface area (Å²) in [4.78, 5) is 10.6. The highest BCUT2D eigenvalue weighted by molar-refractivity contribution is 7.99. The maximum absolute atomic E-state index is 10.6. The van der Waals surface area contributed by atoms with E-state index >= 15 is 0 Å². The van der Waals surface area contributed by atoms with Crippen LogP contribution >= 0.6 is 11.8 Å². The Bertz CT molecular complexity index is 125. The van der Waals surface area contributed by atoms with Crippen molar-refractivity contribution >= 4 is 17.7 Å². The Morgan fingerprint density at radius 2 is 2.00 bits per heavy atom. The van der Waals surface area contributed by atoms with Gasteiger partial charge in [0.1, 0.15) is 0 Å². The summed E-state index contributed by atoms with van der Waals surface area (Å²) in [5.41, 5.74) is 0. The van der Waals surface area contributed by atoms with Gasteiger partial charge in [-0.15, -0.1) is 0 Å². The predicted octanol–water partition coefficient (Wildman–Crippen LogP) is 1.65. The van der Waals surface area contributed by atoms with Gasteiger partial charge in [-0.05, 0) is 12.2 Å². The molecule has 0 saturated carbocycles. The molecule has 0 bridgehead atoms. The first-order valence-corrected chi connectivity index (χ1v) is 4.96. The van der Waals surface area contributed by atoms with E-state index in [2.05, 4.69) is 19.2 Å². The molecule has 0 aromatic carbocycles. The second-order valence-corrected chi connectivity index (χ2v) is 4.59. The molecule has 0 rings (SSSR count). The van der Waals surface area contributed by atoms with E-state index in [-0.39, 0.29) is 5.91 Å². The number of thioether (sulfide) groups is 1. The van der Waals surface area contributed by atoms with E-state index in [1.54, 1.807) is 6.92 Å². The Kier molecular flexibility index (Phi) is 5.38. The van der Waals surface area contributed by atoms with Gasteiger partial charge in [0.2, 0.25) is 5.91 Å². The first kappa shape index (κ1) is 10.8. The van der Waals surface area contributed by atoms with Crippen molar-refractivity contribution < 1.29 is 4.79 Å². The SMILES string of the molecule is CC(=O)NC(C)CSC(C)C. The lowest BCUT2D eigenvalue weighted by Crippen LogP contribution is -2.32. The molecule has 3 heteroatoms. The van der Waals surface area contributed by atoms with Crippen LogP contribution in [0, 0.1) is 0 Å². The third-order valence-corrected chi connectivity index (χ3v) is 2.49. The van der Waals surface area contributed by atoms with Crippen LogP contribution in [0.3, 0.4) is 0 Å². The summed E-state index contributed by atoms with van der Waals surface area (Å²) in [6.45, 7) is 7.89. The molecular formula is C8H17NOS. The van der Waals surface area contributed by atoms with Crippen molar-refractivity contribution in [3.8, 4) is 0 Å². The Labute approximate surface area is 73.1 Å². The van der Waals surface area contributed by atoms with E-state index in [4.69, 9.17) is 0 Å². The van der Waals surface area contributed by atoms with Crippen LogP contribution in [0.1, 0.15) is 27.7 Å². The first-order valence-electron chi connectivity index (χ1n) is 3.91. The maximum Gasteiger partial charge on any atom is 0.217 e. The highest BCUT2D eigenvalue weighted by Gasteiger charge is 2.03. The van der Waals surface area contributed by atoms with E-state index in [0.717, 1.165) is 5.75 Å². The molecule has 0 fully saturated rings. The van der Waals surface area contributed by atoms with E-state index in [0.29, 0.717) is 11.3 Å². The van der Waals surface area contributed by atoms with Gasteiger partial charge in [0.25, 0.3) is 0 Å². The molecule has 0 saturated heterocycles. The smallest absolute Gasteiger partial charge is 0.217 e. The van der Waals surface area contributed by atoms with E-state index < -0.39 is 0 Å². The molecule has 0 spiro atoms. The zero-order chi connectivity index (χ0) is 8.85. The minimum absolute atomic E-state index is 0.0573. The minimum Gasteiger partial charge on any atom is -0.353 e. The van der Waals surface area contributed by atoms with Crippen molar-refractivity contribution in [2.75, 3.05) is 5.75 Å². The van der Waals surface area contributed by atoms with Crippen LogP contribution in [-0.2, 0) is 4.79 Å². The van der Waals surface area contributed by atoms with Crippen molar-refractivity contribution in [1.29, 1.82) is 0 Å². The van der Waals surface area contributed by atoms with Crippen LogP contribution < -0.4 is 5.32 Å². The van der Waals surface area contributed by atoms with Gasteiger partial charge in [-0.3, -0.25) is 4.79 Å². The lowest BCUT2D eigenvalue weighted by atomic mass is 10.4. The number of hydrogen-bond acceptors (Lipinski definition) is 2. The normalized spacial score (nSPS) is 13.2. The quantitative estimate of drug-likeness (QED) is 0.704. The van der Waals surface area contributed by atoms with Crippen molar-refractivity contribution in [3.63, 3.8) is 0 Å². The van der Waals surface area contributed by atoms with Crippen LogP contribution in [0.4, 0.5) is 0 Å². The molecule has 1 unspecified atom stereocenters. The van der Waals surface area contributed by atoms with Gasteiger partial charge in [0.05, 0.1) is 0 Å². The molecule has 0 aliphatic rings. The van der Waals surface area contributed by atoms with E-state index in [9.17, 15) is 4.79 Å². The van der Waals surface area contributed by atoms with Crippen molar-refractivity contribution in [2.24, 2.45) is 0 Å². The summed E-state index contributed by atoms with van der Waals surface area (Å²) in [6.07, 6.45) is 0. The van der Waals surface area contributed by atoms with Gasteiger partial charge in [0.15, 0.2) is 0 Å². The Hall–Kier alpha value is -0.180. The summed E-state index contributed by atoms with van der Waals surface area (Å²) in [7, 11) is 0. The molecule has 0 aliphatic heterocycles. The van der Waals surface area contributed by atoms with Crippen LogP contribution in [-0.4, -0.2) is 23.0 Å². The zero-order valence-corrected chi connectivity index (χ0v) is 8.49. The van der Waals surface area contributed by atoms with Gasteiger partial charge in [-0.1, -0.05) is 13.8 Å². The number of hydrogen-bond donors (Lipinski definition) is 1. The number of carbonyl (C=O) groups is 1. The maximum atomic E-state index is 10.6. The second-order valence-electron chi connectivity index (χ2n) is 2.98. The Balaban J connectivity index is 3.37. The third-order valence-electron chi connectivity index (χ3n) is 1.13.